The molecule has 0 bridgehead atoms. The predicted molar refractivity (Wildman–Crippen MR) is 106 cm³/mol. The molecular formula is C24H18O2. The molecule has 0 saturated heterocycles. The Kier molecular flexibility index (Phi) is 4.16. The van der Waals surface area contributed by atoms with E-state index >= 15 is 0 Å². The van der Waals surface area contributed by atoms with Gasteiger partial charge in [0.05, 0.1) is 0 Å². The van der Waals surface area contributed by atoms with Gasteiger partial charge in [-0.2, -0.15) is 0 Å². The maximum Gasteiger partial charge on any atom is 0.123 e. The highest BCUT2D eigenvalue weighted by Gasteiger charge is 2.09. The van der Waals surface area contributed by atoms with Gasteiger partial charge in [0.2, 0.25) is 0 Å². The van der Waals surface area contributed by atoms with E-state index in [-0.39, 0.29) is 11.5 Å². The van der Waals surface area contributed by atoms with Crippen LogP contribution in [0, 0.1) is 0 Å². The molecule has 4 rings (SSSR count). The van der Waals surface area contributed by atoms with Crippen molar-refractivity contribution in [2.45, 2.75) is 0 Å². The Morgan fingerprint density at radius 1 is 0.385 bits per heavy atom. The van der Waals surface area contributed by atoms with Gasteiger partial charge in [-0.1, -0.05) is 72.8 Å². The third kappa shape index (κ3) is 3.05. The minimum absolute atomic E-state index is 0.261. The molecule has 0 aliphatic carbocycles. The second-order valence-electron chi connectivity index (χ2n) is 6.20. The standard InChI is InChI=1S/C24H18O2/c25-23-12-5-4-11-21(23)20-10-6-9-18(15-20)19-13-14-24(26)22(16-19)17-7-2-1-3-8-17/h1-16,25-26H. The van der Waals surface area contributed by atoms with Crippen LogP contribution in [0.2, 0.25) is 0 Å². The Hall–Kier alpha value is -3.52. The van der Waals surface area contributed by atoms with E-state index in [4.69, 9.17) is 0 Å². The molecule has 26 heavy (non-hydrogen) atoms. The fourth-order valence-electron chi connectivity index (χ4n) is 3.15. The van der Waals surface area contributed by atoms with Crippen LogP contribution in [0.5, 0.6) is 11.5 Å². The zero-order chi connectivity index (χ0) is 17.9. The van der Waals surface area contributed by atoms with Gasteiger partial charge >= 0.3 is 0 Å². The van der Waals surface area contributed by atoms with Gasteiger partial charge in [0.15, 0.2) is 0 Å². The topological polar surface area (TPSA) is 40.5 Å². The van der Waals surface area contributed by atoms with Gasteiger partial charge in [-0.05, 0) is 46.5 Å². The molecule has 0 heterocycles. The van der Waals surface area contributed by atoms with Crippen LogP contribution in [0.15, 0.2) is 97.1 Å². The van der Waals surface area contributed by atoms with E-state index in [0.717, 1.165) is 33.4 Å². The van der Waals surface area contributed by atoms with E-state index in [1.54, 1.807) is 12.1 Å². The van der Waals surface area contributed by atoms with E-state index in [0.29, 0.717) is 0 Å². The Labute approximate surface area is 152 Å². The predicted octanol–water partition coefficient (Wildman–Crippen LogP) is 6.10. The highest BCUT2D eigenvalue weighted by molar-refractivity contribution is 5.80. The maximum atomic E-state index is 10.3. The first-order chi connectivity index (χ1) is 12.7. The molecule has 0 amide bonds. The molecular weight excluding hydrogens is 320 g/mol. The number of rotatable bonds is 3. The van der Waals surface area contributed by atoms with E-state index in [2.05, 4.69) is 6.07 Å². The molecule has 2 nitrogen and oxygen atoms in total. The lowest BCUT2D eigenvalue weighted by Crippen LogP contribution is -1.84. The third-order valence-electron chi connectivity index (χ3n) is 4.49. The largest absolute Gasteiger partial charge is 0.507 e. The Balaban J connectivity index is 1.80. The Morgan fingerprint density at radius 2 is 1.00 bits per heavy atom. The first-order valence-corrected chi connectivity index (χ1v) is 8.49. The van der Waals surface area contributed by atoms with Crippen LogP contribution in [0.25, 0.3) is 33.4 Å². The number of phenols is 2. The molecule has 0 unspecified atom stereocenters. The van der Waals surface area contributed by atoms with Crippen LogP contribution in [-0.4, -0.2) is 10.2 Å². The molecule has 2 heteroatoms. The number of hydrogen-bond acceptors (Lipinski definition) is 2. The van der Waals surface area contributed by atoms with Crippen molar-refractivity contribution < 1.29 is 10.2 Å². The lowest BCUT2D eigenvalue weighted by atomic mass is 9.95. The zero-order valence-electron chi connectivity index (χ0n) is 14.1. The monoisotopic (exact) mass is 338 g/mol. The summed E-state index contributed by atoms with van der Waals surface area (Å²) in [4.78, 5) is 0. The minimum Gasteiger partial charge on any atom is -0.507 e. The second-order valence-corrected chi connectivity index (χ2v) is 6.20. The van der Waals surface area contributed by atoms with Crippen LogP contribution in [-0.2, 0) is 0 Å². The number of phenolic OH excluding ortho intramolecular Hbond substituents is 2. The summed E-state index contributed by atoms with van der Waals surface area (Å²) >= 11 is 0. The average Bonchev–Trinajstić information content (AvgIpc) is 2.69. The normalized spacial score (nSPS) is 10.6. The fraction of sp³-hybridized carbons (Fsp3) is 0. The summed E-state index contributed by atoms with van der Waals surface area (Å²) in [6.45, 7) is 0. The summed E-state index contributed by atoms with van der Waals surface area (Å²) in [7, 11) is 0. The van der Waals surface area contributed by atoms with Crippen LogP contribution in [0.3, 0.4) is 0 Å². The van der Waals surface area contributed by atoms with Crippen molar-refractivity contribution in [2.24, 2.45) is 0 Å². The van der Waals surface area contributed by atoms with Gasteiger partial charge in [-0.25, -0.2) is 0 Å². The molecule has 0 aromatic heterocycles. The first kappa shape index (κ1) is 16.0. The van der Waals surface area contributed by atoms with Crippen molar-refractivity contribution in [1.82, 2.24) is 0 Å². The SMILES string of the molecule is Oc1ccccc1-c1cccc(-c2ccc(O)c(-c3ccccc3)c2)c1. The number of hydrogen-bond donors (Lipinski definition) is 2. The van der Waals surface area contributed by atoms with Crippen LogP contribution >= 0.6 is 0 Å². The van der Waals surface area contributed by atoms with Crippen LogP contribution in [0.4, 0.5) is 0 Å². The maximum absolute atomic E-state index is 10.3. The van der Waals surface area contributed by atoms with E-state index in [1.807, 2.05) is 78.9 Å². The van der Waals surface area contributed by atoms with Gasteiger partial charge in [-0.15, -0.1) is 0 Å². The van der Waals surface area contributed by atoms with Gasteiger partial charge < -0.3 is 10.2 Å². The van der Waals surface area contributed by atoms with Crippen LogP contribution < -0.4 is 0 Å². The van der Waals surface area contributed by atoms with Crippen molar-refractivity contribution in [3.63, 3.8) is 0 Å². The quantitative estimate of drug-likeness (QED) is 0.474. The summed E-state index contributed by atoms with van der Waals surface area (Å²) in [6, 6.07) is 30.8. The van der Waals surface area contributed by atoms with Gasteiger partial charge in [0, 0.05) is 11.1 Å². The first-order valence-electron chi connectivity index (χ1n) is 8.49. The molecule has 0 saturated carbocycles. The number of benzene rings is 4. The fourth-order valence-corrected chi connectivity index (χ4v) is 3.15. The molecule has 0 spiro atoms. The lowest BCUT2D eigenvalue weighted by molar-refractivity contribution is 0.477. The van der Waals surface area contributed by atoms with Crippen molar-refractivity contribution in [1.29, 1.82) is 0 Å². The molecule has 0 aliphatic heterocycles. The molecule has 0 radical (unpaired) electrons. The van der Waals surface area contributed by atoms with Crippen LogP contribution in [0.1, 0.15) is 0 Å². The highest BCUT2D eigenvalue weighted by Crippen LogP contribution is 2.36. The van der Waals surface area contributed by atoms with Crippen molar-refractivity contribution in [3.05, 3.63) is 97.1 Å². The van der Waals surface area contributed by atoms with Crippen molar-refractivity contribution in [3.8, 4) is 44.9 Å². The van der Waals surface area contributed by atoms with E-state index in [9.17, 15) is 10.2 Å². The summed E-state index contributed by atoms with van der Waals surface area (Å²) in [5, 5.41) is 20.4. The molecule has 0 atom stereocenters. The second kappa shape index (κ2) is 6.77. The Bertz CT molecular complexity index is 1050. The van der Waals surface area contributed by atoms with Crippen molar-refractivity contribution in [2.75, 3.05) is 0 Å². The minimum atomic E-state index is 0.261. The number of aromatic hydroxyl groups is 2. The molecule has 126 valence electrons. The van der Waals surface area contributed by atoms with Gasteiger partial charge in [-0.3, -0.25) is 0 Å². The number of para-hydroxylation sites is 1. The lowest BCUT2D eigenvalue weighted by Gasteiger charge is -2.10. The summed E-state index contributed by atoms with van der Waals surface area (Å²) in [6.07, 6.45) is 0. The Morgan fingerprint density at radius 3 is 1.81 bits per heavy atom. The molecule has 0 aliphatic rings. The van der Waals surface area contributed by atoms with E-state index < -0.39 is 0 Å². The molecule has 0 fully saturated rings. The smallest absolute Gasteiger partial charge is 0.123 e. The third-order valence-corrected chi connectivity index (χ3v) is 4.49. The summed E-state index contributed by atoms with van der Waals surface area (Å²) in [5.74, 6) is 0.525. The zero-order valence-corrected chi connectivity index (χ0v) is 14.1. The molecule has 4 aromatic rings. The molecule has 2 N–H and O–H groups in total. The summed E-state index contributed by atoms with van der Waals surface area (Å²) < 4.78 is 0. The van der Waals surface area contributed by atoms with Crippen molar-refractivity contribution >= 4 is 0 Å². The van der Waals surface area contributed by atoms with E-state index in [1.165, 1.54) is 0 Å². The molecule has 4 aromatic carbocycles. The van der Waals surface area contributed by atoms with Gasteiger partial charge in [0.1, 0.15) is 11.5 Å². The highest BCUT2D eigenvalue weighted by atomic mass is 16.3. The van der Waals surface area contributed by atoms with Gasteiger partial charge in [0.25, 0.3) is 0 Å². The summed E-state index contributed by atoms with van der Waals surface area (Å²) in [5.41, 5.74) is 5.58. The average molecular weight is 338 g/mol.